The summed E-state index contributed by atoms with van der Waals surface area (Å²) in [5.41, 5.74) is 0. The van der Waals surface area contributed by atoms with Crippen molar-refractivity contribution in [1.29, 1.82) is 0 Å². The molecule has 16 heavy (non-hydrogen) atoms. The van der Waals surface area contributed by atoms with Crippen molar-refractivity contribution < 1.29 is 5.11 Å². The molecule has 0 aromatic heterocycles. The van der Waals surface area contributed by atoms with Crippen LogP contribution in [0.25, 0.3) is 0 Å². The second-order valence-corrected chi connectivity index (χ2v) is 5.08. The second kappa shape index (κ2) is 10.1. The van der Waals surface area contributed by atoms with Gasteiger partial charge in [-0.3, -0.25) is 0 Å². The summed E-state index contributed by atoms with van der Waals surface area (Å²) < 4.78 is 0. The maximum absolute atomic E-state index is 8.90. The molecule has 1 atom stereocenters. The molecule has 0 heterocycles. The van der Waals surface area contributed by atoms with E-state index in [9.17, 15) is 0 Å². The van der Waals surface area contributed by atoms with Crippen LogP contribution in [0.5, 0.6) is 0 Å². The van der Waals surface area contributed by atoms with E-state index in [1.54, 1.807) is 0 Å². The molecule has 0 aliphatic carbocycles. The monoisotopic (exact) mass is 229 g/mol. The van der Waals surface area contributed by atoms with E-state index in [1.807, 2.05) is 0 Å². The van der Waals surface area contributed by atoms with Crippen LogP contribution in [0.2, 0.25) is 0 Å². The fourth-order valence-corrected chi connectivity index (χ4v) is 2.08. The highest BCUT2D eigenvalue weighted by atomic mass is 16.3. The lowest BCUT2D eigenvalue weighted by Gasteiger charge is -2.30. The molecule has 0 saturated carbocycles. The average Bonchev–Trinajstić information content (AvgIpc) is 2.28. The zero-order valence-corrected chi connectivity index (χ0v) is 11.7. The molecule has 2 nitrogen and oxygen atoms in total. The van der Waals surface area contributed by atoms with E-state index in [0.29, 0.717) is 12.6 Å². The molecule has 0 radical (unpaired) electrons. The van der Waals surface area contributed by atoms with Gasteiger partial charge in [0, 0.05) is 25.7 Å². The third-order valence-electron chi connectivity index (χ3n) is 3.37. The lowest BCUT2D eigenvalue weighted by atomic mass is 9.98. The SMILES string of the molecule is CCCCC(CC)CN(CCCO)C(C)C. The lowest BCUT2D eigenvalue weighted by molar-refractivity contribution is 0.160. The van der Waals surface area contributed by atoms with Gasteiger partial charge in [0.2, 0.25) is 0 Å². The lowest BCUT2D eigenvalue weighted by Crippen LogP contribution is -2.36. The van der Waals surface area contributed by atoms with Crippen LogP contribution in [-0.2, 0) is 0 Å². The van der Waals surface area contributed by atoms with E-state index >= 15 is 0 Å². The number of hydrogen-bond acceptors (Lipinski definition) is 2. The molecule has 0 aromatic rings. The topological polar surface area (TPSA) is 23.5 Å². The molecule has 0 bridgehead atoms. The van der Waals surface area contributed by atoms with Crippen molar-refractivity contribution in [3.63, 3.8) is 0 Å². The first kappa shape index (κ1) is 15.9. The van der Waals surface area contributed by atoms with Crippen LogP contribution in [0, 0.1) is 5.92 Å². The molecule has 0 aliphatic rings. The molecule has 2 heteroatoms. The Hall–Kier alpha value is -0.0800. The number of aliphatic hydroxyl groups is 1. The summed E-state index contributed by atoms with van der Waals surface area (Å²) in [6, 6.07) is 0.599. The molecular formula is C14H31NO. The van der Waals surface area contributed by atoms with Gasteiger partial charge < -0.3 is 10.0 Å². The van der Waals surface area contributed by atoms with Crippen molar-refractivity contribution in [2.75, 3.05) is 19.7 Å². The van der Waals surface area contributed by atoms with Crippen molar-refractivity contribution in [3.8, 4) is 0 Å². The maximum Gasteiger partial charge on any atom is 0.0443 e. The first-order valence-corrected chi connectivity index (χ1v) is 7.00. The molecule has 1 N–H and O–H groups in total. The Morgan fingerprint density at radius 2 is 1.81 bits per heavy atom. The van der Waals surface area contributed by atoms with Gasteiger partial charge in [0.1, 0.15) is 0 Å². The number of unbranched alkanes of at least 4 members (excludes halogenated alkanes) is 1. The minimum absolute atomic E-state index is 0.314. The van der Waals surface area contributed by atoms with Crippen molar-refractivity contribution in [1.82, 2.24) is 4.90 Å². The van der Waals surface area contributed by atoms with Gasteiger partial charge in [-0.05, 0) is 32.6 Å². The molecule has 0 aromatic carbocycles. The number of nitrogens with zero attached hydrogens (tertiary/aromatic N) is 1. The molecule has 0 rings (SSSR count). The highest BCUT2D eigenvalue weighted by Crippen LogP contribution is 2.15. The fraction of sp³-hybridized carbons (Fsp3) is 1.00. The van der Waals surface area contributed by atoms with E-state index in [0.717, 1.165) is 18.9 Å². The summed E-state index contributed by atoms with van der Waals surface area (Å²) in [4.78, 5) is 2.51. The van der Waals surface area contributed by atoms with Gasteiger partial charge in [-0.2, -0.15) is 0 Å². The molecular weight excluding hydrogens is 198 g/mol. The minimum Gasteiger partial charge on any atom is -0.396 e. The molecule has 1 unspecified atom stereocenters. The largest absolute Gasteiger partial charge is 0.396 e. The van der Waals surface area contributed by atoms with E-state index in [2.05, 4.69) is 32.6 Å². The van der Waals surface area contributed by atoms with Gasteiger partial charge in [-0.25, -0.2) is 0 Å². The molecule has 0 saturated heterocycles. The van der Waals surface area contributed by atoms with Crippen LogP contribution in [-0.4, -0.2) is 35.7 Å². The van der Waals surface area contributed by atoms with E-state index in [-0.39, 0.29) is 0 Å². The number of hydrogen-bond donors (Lipinski definition) is 1. The van der Waals surface area contributed by atoms with E-state index in [1.165, 1.54) is 32.2 Å². The molecule has 0 fully saturated rings. The Balaban J connectivity index is 4.01. The van der Waals surface area contributed by atoms with Crippen LogP contribution in [0.1, 0.15) is 59.8 Å². The normalized spacial score (nSPS) is 13.7. The van der Waals surface area contributed by atoms with Crippen LogP contribution in [0.15, 0.2) is 0 Å². The van der Waals surface area contributed by atoms with E-state index in [4.69, 9.17) is 5.11 Å². The van der Waals surface area contributed by atoms with Gasteiger partial charge in [0.15, 0.2) is 0 Å². The summed E-state index contributed by atoms with van der Waals surface area (Å²) in [5.74, 6) is 0.834. The Bertz CT molecular complexity index is 148. The molecule has 0 aliphatic heterocycles. The minimum atomic E-state index is 0.314. The third-order valence-corrected chi connectivity index (χ3v) is 3.37. The fourth-order valence-electron chi connectivity index (χ4n) is 2.08. The Labute approximate surface area is 102 Å². The van der Waals surface area contributed by atoms with Crippen LogP contribution in [0.3, 0.4) is 0 Å². The summed E-state index contributed by atoms with van der Waals surface area (Å²) in [5, 5.41) is 8.90. The van der Waals surface area contributed by atoms with Crippen molar-refractivity contribution in [2.24, 2.45) is 5.92 Å². The molecule has 0 amide bonds. The van der Waals surface area contributed by atoms with Gasteiger partial charge in [0.05, 0.1) is 0 Å². The third kappa shape index (κ3) is 7.24. The summed E-state index contributed by atoms with van der Waals surface area (Å²) in [6.07, 6.45) is 6.19. The summed E-state index contributed by atoms with van der Waals surface area (Å²) >= 11 is 0. The Kier molecular flexibility index (Phi) is 10.0. The Morgan fingerprint density at radius 3 is 2.25 bits per heavy atom. The average molecular weight is 229 g/mol. The first-order chi connectivity index (χ1) is 7.65. The molecule has 98 valence electrons. The quantitative estimate of drug-likeness (QED) is 0.621. The van der Waals surface area contributed by atoms with Crippen LogP contribution < -0.4 is 0 Å². The van der Waals surface area contributed by atoms with Gasteiger partial charge in [-0.15, -0.1) is 0 Å². The zero-order valence-electron chi connectivity index (χ0n) is 11.7. The summed E-state index contributed by atoms with van der Waals surface area (Å²) in [7, 11) is 0. The first-order valence-electron chi connectivity index (χ1n) is 7.00. The van der Waals surface area contributed by atoms with Crippen molar-refractivity contribution in [3.05, 3.63) is 0 Å². The van der Waals surface area contributed by atoms with Gasteiger partial charge in [0.25, 0.3) is 0 Å². The van der Waals surface area contributed by atoms with Crippen molar-refractivity contribution in [2.45, 2.75) is 65.8 Å². The predicted molar refractivity (Wildman–Crippen MR) is 71.7 cm³/mol. The zero-order chi connectivity index (χ0) is 12.4. The predicted octanol–water partition coefficient (Wildman–Crippen LogP) is 3.30. The van der Waals surface area contributed by atoms with E-state index < -0.39 is 0 Å². The van der Waals surface area contributed by atoms with Gasteiger partial charge in [-0.1, -0.05) is 33.1 Å². The molecule has 0 spiro atoms. The van der Waals surface area contributed by atoms with Gasteiger partial charge >= 0.3 is 0 Å². The highest BCUT2D eigenvalue weighted by molar-refractivity contribution is 4.68. The standard InChI is InChI=1S/C14H31NO/c1-5-7-9-14(6-2)12-15(13(3)4)10-8-11-16/h13-14,16H,5-12H2,1-4H3. The number of aliphatic hydroxyl groups excluding tert-OH is 1. The summed E-state index contributed by atoms with van der Waals surface area (Å²) in [6.45, 7) is 11.6. The maximum atomic E-state index is 8.90. The van der Waals surface area contributed by atoms with Crippen molar-refractivity contribution >= 4 is 0 Å². The van der Waals surface area contributed by atoms with Crippen LogP contribution in [0.4, 0.5) is 0 Å². The smallest absolute Gasteiger partial charge is 0.0443 e. The highest BCUT2D eigenvalue weighted by Gasteiger charge is 2.14. The Morgan fingerprint density at radius 1 is 1.12 bits per heavy atom. The second-order valence-electron chi connectivity index (χ2n) is 5.08. The number of rotatable bonds is 10. The van der Waals surface area contributed by atoms with Crippen LogP contribution >= 0.6 is 0 Å².